The van der Waals surface area contributed by atoms with Crippen LogP contribution in [0, 0.1) is 0 Å². The van der Waals surface area contributed by atoms with Crippen LogP contribution in [0.4, 0.5) is 0 Å². The Kier molecular flexibility index (Phi) is 5.06. The van der Waals surface area contributed by atoms with Gasteiger partial charge in [0.25, 0.3) is 0 Å². The molecule has 28 heavy (non-hydrogen) atoms. The first-order valence-electron chi connectivity index (χ1n) is 9.60. The molecule has 3 aromatic rings. The normalized spacial score (nSPS) is 13.6. The number of ether oxygens (including phenoxy) is 1. The molecule has 0 radical (unpaired) electrons. The highest BCUT2D eigenvalue weighted by Gasteiger charge is 2.22. The maximum Gasteiger partial charge on any atom is 0.339 e. The minimum atomic E-state index is -0.501. The number of nitrogens with zero attached hydrogens (tertiary/aromatic N) is 1. The molecule has 1 aromatic heterocycles. The lowest BCUT2D eigenvalue weighted by molar-refractivity contribution is 0.0473. The van der Waals surface area contributed by atoms with Gasteiger partial charge in [0, 0.05) is 16.6 Å². The van der Waals surface area contributed by atoms with Crippen LogP contribution in [0.2, 0.25) is 0 Å². The van der Waals surface area contributed by atoms with E-state index in [1.54, 1.807) is 18.2 Å². The summed E-state index contributed by atoms with van der Waals surface area (Å²) in [4.78, 5) is 29.3. The summed E-state index contributed by atoms with van der Waals surface area (Å²) in [5.41, 5.74) is 9.95. The summed E-state index contributed by atoms with van der Waals surface area (Å²) in [5.74, 6) is -0.847. The van der Waals surface area contributed by atoms with Crippen LogP contribution in [0.3, 0.4) is 0 Å². The second-order valence-corrected chi connectivity index (χ2v) is 7.13. The predicted octanol–water partition coefficient (Wildman–Crippen LogP) is 3.96. The largest absolute Gasteiger partial charge is 0.457 e. The molecule has 0 spiro atoms. The van der Waals surface area contributed by atoms with Gasteiger partial charge in [-0.2, -0.15) is 0 Å². The summed E-state index contributed by atoms with van der Waals surface area (Å²) in [6, 6.07) is 14.6. The molecule has 2 N–H and O–H groups in total. The summed E-state index contributed by atoms with van der Waals surface area (Å²) in [6.07, 6.45) is 5.01. The molecular weight excluding hydrogens is 352 g/mol. The van der Waals surface area contributed by atoms with Crippen molar-refractivity contribution in [2.45, 2.75) is 38.7 Å². The van der Waals surface area contributed by atoms with Gasteiger partial charge in [-0.3, -0.25) is 9.78 Å². The van der Waals surface area contributed by atoms with E-state index in [1.165, 1.54) is 0 Å². The van der Waals surface area contributed by atoms with Gasteiger partial charge in [-0.25, -0.2) is 4.79 Å². The molecule has 1 aliphatic carbocycles. The Morgan fingerprint density at radius 2 is 1.82 bits per heavy atom. The second kappa shape index (κ2) is 7.80. The molecule has 0 saturated heterocycles. The third-order valence-corrected chi connectivity index (χ3v) is 5.20. The number of carbonyl (C=O) groups is 2. The van der Waals surface area contributed by atoms with Crippen molar-refractivity contribution in [2.75, 3.05) is 0 Å². The van der Waals surface area contributed by atoms with Crippen LogP contribution in [-0.2, 0) is 24.2 Å². The van der Waals surface area contributed by atoms with Crippen molar-refractivity contribution < 1.29 is 14.3 Å². The molecule has 2 aromatic carbocycles. The van der Waals surface area contributed by atoms with Crippen LogP contribution < -0.4 is 5.73 Å². The van der Waals surface area contributed by atoms with E-state index in [9.17, 15) is 9.59 Å². The number of fused-ring (bicyclic) bond motifs is 2. The van der Waals surface area contributed by atoms with Crippen LogP contribution in [-0.4, -0.2) is 16.9 Å². The zero-order valence-electron chi connectivity index (χ0n) is 15.6. The Balaban J connectivity index is 1.68. The number of rotatable bonds is 4. The minimum Gasteiger partial charge on any atom is -0.457 e. The molecule has 5 heteroatoms. The average Bonchev–Trinajstić information content (AvgIpc) is 2.95. The van der Waals surface area contributed by atoms with E-state index in [0.29, 0.717) is 11.1 Å². The fourth-order valence-electron chi connectivity index (χ4n) is 3.82. The number of nitrogens with two attached hydrogens (primary N) is 1. The highest BCUT2D eigenvalue weighted by atomic mass is 16.5. The van der Waals surface area contributed by atoms with Crippen molar-refractivity contribution in [3.8, 4) is 0 Å². The Bertz CT molecular complexity index is 1060. The molecule has 0 saturated carbocycles. The molecule has 142 valence electrons. The first-order chi connectivity index (χ1) is 13.6. The molecule has 0 atom stereocenters. The highest BCUT2D eigenvalue weighted by Crippen LogP contribution is 2.29. The molecule has 1 aliphatic rings. The molecular formula is C23H22N2O3. The van der Waals surface area contributed by atoms with Crippen molar-refractivity contribution in [2.24, 2.45) is 5.73 Å². The SMILES string of the molecule is NC(=O)c1cccc(COC(=O)c2c3c(nc4ccccc24)CCCCC3)c1. The van der Waals surface area contributed by atoms with Gasteiger partial charge in [-0.15, -0.1) is 0 Å². The van der Waals surface area contributed by atoms with Gasteiger partial charge >= 0.3 is 5.97 Å². The zero-order chi connectivity index (χ0) is 19.5. The van der Waals surface area contributed by atoms with Crippen molar-refractivity contribution >= 4 is 22.8 Å². The Hall–Kier alpha value is -3.21. The second-order valence-electron chi connectivity index (χ2n) is 7.13. The van der Waals surface area contributed by atoms with E-state index >= 15 is 0 Å². The molecule has 5 nitrogen and oxygen atoms in total. The number of hydrogen-bond acceptors (Lipinski definition) is 4. The molecule has 0 bridgehead atoms. The van der Waals surface area contributed by atoms with Crippen molar-refractivity contribution in [3.05, 3.63) is 76.5 Å². The van der Waals surface area contributed by atoms with Crippen LogP contribution in [0.25, 0.3) is 10.9 Å². The molecule has 0 fully saturated rings. The van der Waals surface area contributed by atoms with Gasteiger partial charge in [-0.05, 0) is 55.0 Å². The number of esters is 1. The summed E-state index contributed by atoms with van der Waals surface area (Å²) >= 11 is 0. The van der Waals surface area contributed by atoms with Crippen molar-refractivity contribution in [1.82, 2.24) is 4.98 Å². The monoisotopic (exact) mass is 374 g/mol. The van der Waals surface area contributed by atoms with Crippen LogP contribution >= 0.6 is 0 Å². The molecule has 0 unspecified atom stereocenters. The van der Waals surface area contributed by atoms with Gasteiger partial charge in [-0.1, -0.05) is 36.8 Å². The maximum absolute atomic E-state index is 13.1. The molecule has 4 rings (SSSR count). The summed E-state index contributed by atoms with van der Waals surface area (Å²) < 4.78 is 5.65. The van der Waals surface area contributed by atoms with Crippen LogP contribution in [0.15, 0.2) is 48.5 Å². The fraction of sp³-hybridized carbons (Fsp3) is 0.261. The van der Waals surface area contributed by atoms with E-state index in [1.807, 2.05) is 30.3 Å². The Labute approximate surface area is 163 Å². The van der Waals surface area contributed by atoms with Gasteiger partial charge in [0.15, 0.2) is 0 Å². The third-order valence-electron chi connectivity index (χ3n) is 5.20. The lowest BCUT2D eigenvalue weighted by Gasteiger charge is -2.15. The molecule has 0 aliphatic heterocycles. The van der Waals surface area contributed by atoms with E-state index in [0.717, 1.165) is 59.8 Å². The van der Waals surface area contributed by atoms with E-state index in [-0.39, 0.29) is 12.6 Å². The van der Waals surface area contributed by atoms with Crippen molar-refractivity contribution in [3.63, 3.8) is 0 Å². The topological polar surface area (TPSA) is 82.3 Å². The fourth-order valence-corrected chi connectivity index (χ4v) is 3.82. The van der Waals surface area contributed by atoms with E-state index < -0.39 is 5.91 Å². The predicted molar refractivity (Wildman–Crippen MR) is 107 cm³/mol. The van der Waals surface area contributed by atoms with Gasteiger partial charge in [0.1, 0.15) is 6.61 Å². The molecule has 1 amide bonds. The maximum atomic E-state index is 13.1. The number of benzene rings is 2. The summed E-state index contributed by atoms with van der Waals surface area (Å²) in [6.45, 7) is 0.0887. The first-order valence-corrected chi connectivity index (χ1v) is 9.60. The average molecular weight is 374 g/mol. The van der Waals surface area contributed by atoms with E-state index in [4.69, 9.17) is 15.5 Å². The smallest absolute Gasteiger partial charge is 0.339 e. The number of pyridine rings is 1. The Morgan fingerprint density at radius 3 is 2.68 bits per heavy atom. The lowest BCUT2D eigenvalue weighted by atomic mass is 9.97. The Morgan fingerprint density at radius 1 is 1.00 bits per heavy atom. The molecule has 1 heterocycles. The summed E-state index contributed by atoms with van der Waals surface area (Å²) in [5, 5.41) is 0.832. The van der Waals surface area contributed by atoms with Crippen molar-refractivity contribution in [1.29, 1.82) is 0 Å². The third kappa shape index (κ3) is 3.60. The number of primary amides is 1. The summed E-state index contributed by atoms with van der Waals surface area (Å²) in [7, 11) is 0. The standard InChI is InChI=1S/C23H22N2O3/c24-22(26)16-8-6-7-15(13-16)14-28-23(27)21-17-9-2-1-3-11-19(17)25-20-12-5-4-10-18(20)21/h4-8,10,12-13H,1-3,9,11,14H2,(H2,24,26). The van der Waals surface area contributed by atoms with E-state index in [2.05, 4.69) is 0 Å². The lowest BCUT2D eigenvalue weighted by Crippen LogP contribution is -2.13. The highest BCUT2D eigenvalue weighted by molar-refractivity contribution is 6.05. The van der Waals surface area contributed by atoms with Crippen LogP contribution in [0.1, 0.15) is 56.8 Å². The number of amides is 1. The zero-order valence-corrected chi connectivity index (χ0v) is 15.6. The number of aromatic nitrogens is 1. The first kappa shape index (κ1) is 18.2. The number of carbonyl (C=O) groups excluding carboxylic acids is 2. The number of aryl methyl sites for hydroxylation is 1. The number of hydrogen-bond donors (Lipinski definition) is 1. The quantitative estimate of drug-likeness (QED) is 0.553. The van der Waals surface area contributed by atoms with Gasteiger partial charge < -0.3 is 10.5 Å². The minimum absolute atomic E-state index is 0.0887. The number of para-hydroxylation sites is 1. The van der Waals surface area contributed by atoms with Crippen LogP contribution in [0.5, 0.6) is 0 Å². The van der Waals surface area contributed by atoms with Gasteiger partial charge in [0.05, 0.1) is 11.1 Å². The van der Waals surface area contributed by atoms with Gasteiger partial charge in [0.2, 0.25) is 5.91 Å².